The van der Waals surface area contributed by atoms with Gasteiger partial charge in [-0.2, -0.15) is 0 Å². The number of aromatic nitrogens is 1. The van der Waals surface area contributed by atoms with Crippen molar-refractivity contribution in [3.63, 3.8) is 0 Å². The molecule has 5 heteroatoms. The molecule has 21 heavy (non-hydrogen) atoms. The van der Waals surface area contributed by atoms with Crippen molar-refractivity contribution in [1.29, 1.82) is 0 Å². The molecule has 0 radical (unpaired) electrons. The van der Waals surface area contributed by atoms with Gasteiger partial charge in [-0.1, -0.05) is 18.2 Å². The maximum absolute atomic E-state index is 6.15. The molecule has 0 saturated heterocycles. The molecule has 0 amide bonds. The summed E-state index contributed by atoms with van der Waals surface area (Å²) in [7, 11) is 1.69. The highest BCUT2D eigenvalue weighted by molar-refractivity contribution is 7.18. The SMILES string of the molecule is COCc1ccccc1Nc1cc2nc(C)sc2cc1N. The second kappa shape index (κ2) is 5.71. The molecule has 0 aliphatic heterocycles. The maximum Gasteiger partial charge on any atom is 0.0907 e. The number of hydrogen-bond acceptors (Lipinski definition) is 5. The van der Waals surface area contributed by atoms with Crippen molar-refractivity contribution in [3.05, 3.63) is 47.0 Å². The van der Waals surface area contributed by atoms with Crippen molar-refractivity contribution in [2.45, 2.75) is 13.5 Å². The molecule has 2 aromatic carbocycles. The van der Waals surface area contributed by atoms with Crippen LogP contribution in [0.2, 0.25) is 0 Å². The molecule has 0 spiro atoms. The highest BCUT2D eigenvalue weighted by atomic mass is 32.1. The highest BCUT2D eigenvalue weighted by Crippen LogP contribution is 2.32. The highest BCUT2D eigenvalue weighted by Gasteiger charge is 2.08. The Bertz CT molecular complexity index is 782. The van der Waals surface area contributed by atoms with E-state index < -0.39 is 0 Å². The number of para-hydroxylation sites is 1. The van der Waals surface area contributed by atoms with Gasteiger partial charge in [-0.3, -0.25) is 0 Å². The summed E-state index contributed by atoms with van der Waals surface area (Å²) in [6, 6.07) is 12.0. The van der Waals surface area contributed by atoms with Gasteiger partial charge in [0.15, 0.2) is 0 Å². The van der Waals surface area contributed by atoms with Crippen molar-refractivity contribution in [2.75, 3.05) is 18.2 Å². The first-order chi connectivity index (χ1) is 10.2. The standard InChI is InChI=1S/C16H17N3OS/c1-10-18-15-8-14(12(17)7-16(15)21-10)19-13-6-4-3-5-11(13)9-20-2/h3-8,19H,9,17H2,1-2H3. The Kier molecular flexibility index (Phi) is 3.77. The molecule has 0 unspecified atom stereocenters. The Labute approximate surface area is 127 Å². The number of nitrogen functional groups attached to an aromatic ring is 1. The summed E-state index contributed by atoms with van der Waals surface area (Å²) in [6.45, 7) is 2.56. The molecular formula is C16H17N3OS. The van der Waals surface area contributed by atoms with Crippen molar-refractivity contribution < 1.29 is 4.74 Å². The Morgan fingerprint density at radius 1 is 1.24 bits per heavy atom. The second-order valence-electron chi connectivity index (χ2n) is 4.86. The molecule has 0 aliphatic carbocycles. The van der Waals surface area contributed by atoms with Crippen LogP contribution in [0.25, 0.3) is 10.2 Å². The number of anilines is 3. The smallest absolute Gasteiger partial charge is 0.0907 e. The van der Waals surface area contributed by atoms with E-state index in [0.29, 0.717) is 6.61 Å². The molecule has 3 rings (SSSR count). The van der Waals surface area contributed by atoms with Crippen molar-refractivity contribution in [1.82, 2.24) is 4.98 Å². The number of thiazole rings is 1. The molecule has 1 heterocycles. The van der Waals surface area contributed by atoms with E-state index >= 15 is 0 Å². The summed E-state index contributed by atoms with van der Waals surface area (Å²) in [5.41, 5.74) is 10.8. The minimum atomic E-state index is 0.557. The molecule has 0 fully saturated rings. The quantitative estimate of drug-likeness (QED) is 0.713. The minimum absolute atomic E-state index is 0.557. The van der Waals surface area contributed by atoms with E-state index in [-0.39, 0.29) is 0 Å². The number of hydrogen-bond donors (Lipinski definition) is 2. The van der Waals surface area contributed by atoms with Crippen LogP contribution in [0, 0.1) is 6.92 Å². The fourth-order valence-electron chi connectivity index (χ4n) is 2.28. The summed E-state index contributed by atoms with van der Waals surface area (Å²) in [5.74, 6) is 0. The van der Waals surface area contributed by atoms with Gasteiger partial charge in [0, 0.05) is 18.4 Å². The number of ether oxygens (including phenoxy) is 1. The van der Waals surface area contributed by atoms with Crippen LogP contribution in [-0.2, 0) is 11.3 Å². The molecule has 0 atom stereocenters. The Balaban J connectivity index is 1.99. The lowest BCUT2D eigenvalue weighted by atomic mass is 10.1. The third-order valence-corrected chi connectivity index (χ3v) is 4.19. The van der Waals surface area contributed by atoms with E-state index in [2.05, 4.69) is 10.3 Å². The number of nitrogens with zero attached hydrogens (tertiary/aromatic N) is 1. The van der Waals surface area contributed by atoms with Gasteiger partial charge in [-0.25, -0.2) is 4.98 Å². The van der Waals surface area contributed by atoms with Crippen molar-refractivity contribution in [2.24, 2.45) is 0 Å². The average molecular weight is 299 g/mol. The van der Waals surface area contributed by atoms with E-state index in [4.69, 9.17) is 10.5 Å². The molecule has 3 aromatic rings. The van der Waals surface area contributed by atoms with Crippen LogP contribution in [0.4, 0.5) is 17.1 Å². The fraction of sp³-hybridized carbons (Fsp3) is 0.188. The van der Waals surface area contributed by atoms with E-state index in [0.717, 1.165) is 37.8 Å². The van der Waals surface area contributed by atoms with Crippen molar-refractivity contribution in [3.8, 4) is 0 Å². The molecule has 0 saturated carbocycles. The average Bonchev–Trinajstić information content (AvgIpc) is 2.81. The zero-order valence-electron chi connectivity index (χ0n) is 12.0. The van der Waals surface area contributed by atoms with Crippen LogP contribution >= 0.6 is 11.3 Å². The molecule has 3 N–H and O–H groups in total. The summed E-state index contributed by atoms with van der Waals surface area (Å²) in [4.78, 5) is 4.51. The van der Waals surface area contributed by atoms with Gasteiger partial charge >= 0.3 is 0 Å². The third-order valence-electron chi connectivity index (χ3n) is 3.25. The van der Waals surface area contributed by atoms with Crippen LogP contribution < -0.4 is 11.1 Å². The molecule has 0 aliphatic rings. The first-order valence-corrected chi connectivity index (χ1v) is 7.49. The lowest BCUT2D eigenvalue weighted by molar-refractivity contribution is 0.185. The molecule has 1 aromatic heterocycles. The van der Waals surface area contributed by atoms with Gasteiger partial charge in [0.05, 0.1) is 33.2 Å². The lowest BCUT2D eigenvalue weighted by Crippen LogP contribution is -2.00. The summed E-state index contributed by atoms with van der Waals surface area (Å²) < 4.78 is 6.34. The van der Waals surface area contributed by atoms with Gasteiger partial charge in [-0.05, 0) is 25.1 Å². The number of nitrogens with two attached hydrogens (primary N) is 1. The van der Waals surface area contributed by atoms with Crippen LogP contribution in [0.15, 0.2) is 36.4 Å². The van der Waals surface area contributed by atoms with Crippen LogP contribution in [0.5, 0.6) is 0 Å². The number of rotatable bonds is 4. The summed E-state index contributed by atoms with van der Waals surface area (Å²) >= 11 is 1.65. The lowest BCUT2D eigenvalue weighted by Gasteiger charge is -2.13. The van der Waals surface area contributed by atoms with Gasteiger partial charge in [0.25, 0.3) is 0 Å². The largest absolute Gasteiger partial charge is 0.397 e. The number of aryl methyl sites for hydroxylation is 1. The third kappa shape index (κ3) is 2.84. The second-order valence-corrected chi connectivity index (χ2v) is 6.09. The van der Waals surface area contributed by atoms with Crippen LogP contribution in [-0.4, -0.2) is 12.1 Å². The zero-order valence-corrected chi connectivity index (χ0v) is 12.8. The molecule has 0 bridgehead atoms. The van der Waals surface area contributed by atoms with E-state index in [1.165, 1.54) is 0 Å². The van der Waals surface area contributed by atoms with E-state index in [9.17, 15) is 0 Å². The Hall–Kier alpha value is -2.11. The number of nitrogens with one attached hydrogen (secondary N) is 1. The normalized spacial score (nSPS) is 11.0. The van der Waals surface area contributed by atoms with Crippen molar-refractivity contribution >= 4 is 38.6 Å². The monoisotopic (exact) mass is 299 g/mol. The Morgan fingerprint density at radius 3 is 2.86 bits per heavy atom. The first-order valence-electron chi connectivity index (χ1n) is 6.68. The number of benzene rings is 2. The van der Waals surface area contributed by atoms with Crippen LogP contribution in [0.1, 0.15) is 10.6 Å². The Morgan fingerprint density at radius 2 is 2.05 bits per heavy atom. The first kappa shape index (κ1) is 13.9. The fourth-order valence-corrected chi connectivity index (χ4v) is 3.14. The number of fused-ring (bicyclic) bond motifs is 1. The topological polar surface area (TPSA) is 60.2 Å². The van der Waals surface area contributed by atoms with E-state index in [1.807, 2.05) is 43.3 Å². The van der Waals surface area contributed by atoms with Gasteiger partial charge < -0.3 is 15.8 Å². The molecule has 4 nitrogen and oxygen atoms in total. The summed E-state index contributed by atoms with van der Waals surface area (Å²) in [6.07, 6.45) is 0. The minimum Gasteiger partial charge on any atom is -0.397 e. The predicted octanol–water partition coefficient (Wildman–Crippen LogP) is 4.08. The van der Waals surface area contributed by atoms with Crippen LogP contribution in [0.3, 0.4) is 0 Å². The van der Waals surface area contributed by atoms with E-state index in [1.54, 1.807) is 18.4 Å². The predicted molar refractivity (Wildman–Crippen MR) is 89.2 cm³/mol. The zero-order chi connectivity index (χ0) is 14.8. The maximum atomic E-state index is 6.15. The summed E-state index contributed by atoms with van der Waals surface area (Å²) in [5, 5.41) is 4.43. The number of methoxy groups -OCH3 is 1. The van der Waals surface area contributed by atoms with Gasteiger partial charge in [-0.15, -0.1) is 11.3 Å². The molecule has 108 valence electrons. The molecular weight excluding hydrogens is 282 g/mol. The van der Waals surface area contributed by atoms with Gasteiger partial charge in [0.2, 0.25) is 0 Å². The van der Waals surface area contributed by atoms with Gasteiger partial charge in [0.1, 0.15) is 0 Å².